The average Bonchev–Trinajstić information content (AvgIpc) is 3.32. The zero-order chi connectivity index (χ0) is 19.7. The third-order valence-electron chi connectivity index (χ3n) is 4.65. The topological polar surface area (TPSA) is 87.0 Å². The molecule has 3 aromatic rings. The summed E-state index contributed by atoms with van der Waals surface area (Å²) in [6, 6.07) is 9.33. The maximum Gasteiger partial charge on any atom is 0.231 e. The van der Waals surface area contributed by atoms with E-state index in [2.05, 4.69) is 10.3 Å². The van der Waals surface area contributed by atoms with E-state index in [-0.39, 0.29) is 12.5 Å². The number of nitrogens with one attached hydrogen (secondary N) is 1. The number of benzene rings is 2. The first-order chi connectivity index (χ1) is 13.6. The lowest BCUT2D eigenvalue weighted by atomic mass is 10.1. The molecule has 1 aliphatic heterocycles. The van der Waals surface area contributed by atoms with Gasteiger partial charge in [-0.2, -0.15) is 0 Å². The van der Waals surface area contributed by atoms with E-state index in [1.807, 2.05) is 29.8 Å². The van der Waals surface area contributed by atoms with Crippen molar-refractivity contribution in [3.05, 3.63) is 42.1 Å². The zero-order valence-electron chi connectivity index (χ0n) is 15.9. The van der Waals surface area contributed by atoms with Gasteiger partial charge < -0.3 is 33.9 Å². The fraction of sp³-hybridized carbons (Fsp3) is 0.250. The van der Waals surface area contributed by atoms with E-state index in [1.54, 1.807) is 18.3 Å². The van der Waals surface area contributed by atoms with Crippen LogP contribution in [0.1, 0.15) is 5.56 Å². The van der Waals surface area contributed by atoms with Crippen LogP contribution in [0.4, 0.5) is 5.95 Å². The minimum absolute atomic E-state index is 0.0177. The lowest BCUT2D eigenvalue weighted by Crippen LogP contribution is -2.06. The number of rotatable bonds is 6. The van der Waals surface area contributed by atoms with Crippen LogP contribution in [-0.2, 0) is 13.6 Å². The summed E-state index contributed by atoms with van der Waals surface area (Å²) < 4.78 is 23.2. The number of phenolic OH excluding ortho intramolecular Hbond substituents is 1. The van der Waals surface area contributed by atoms with E-state index < -0.39 is 0 Å². The van der Waals surface area contributed by atoms with E-state index >= 15 is 0 Å². The molecule has 2 heterocycles. The summed E-state index contributed by atoms with van der Waals surface area (Å²) in [6.45, 7) is 0.731. The van der Waals surface area contributed by atoms with Gasteiger partial charge in [-0.05, 0) is 35.9 Å². The number of aromatic hydroxyl groups is 1. The molecule has 0 fully saturated rings. The summed E-state index contributed by atoms with van der Waals surface area (Å²) >= 11 is 0. The summed E-state index contributed by atoms with van der Waals surface area (Å²) in [7, 11) is 4.94. The minimum atomic E-state index is -0.0177. The highest BCUT2D eigenvalue weighted by molar-refractivity contribution is 5.66. The van der Waals surface area contributed by atoms with Gasteiger partial charge in [0.1, 0.15) is 0 Å². The number of hydrogen-bond acceptors (Lipinski definition) is 7. The molecule has 0 radical (unpaired) electrons. The largest absolute Gasteiger partial charge is 0.502 e. The van der Waals surface area contributed by atoms with Crippen molar-refractivity contribution in [2.45, 2.75) is 6.54 Å². The number of ether oxygens (including phenoxy) is 4. The summed E-state index contributed by atoms with van der Waals surface area (Å²) in [4.78, 5) is 4.47. The molecule has 4 rings (SSSR count). The molecule has 0 unspecified atom stereocenters. The van der Waals surface area contributed by atoms with Crippen molar-refractivity contribution in [1.29, 1.82) is 0 Å². The van der Waals surface area contributed by atoms with Crippen LogP contribution >= 0.6 is 0 Å². The molecule has 146 valence electrons. The van der Waals surface area contributed by atoms with Crippen molar-refractivity contribution in [3.63, 3.8) is 0 Å². The molecule has 0 saturated carbocycles. The molecule has 8 nitrogen and oxygen atoms in total. The molecule has 0 aliphatic carbocycles. The molecular weight excluding hydrogens is 362 g/mol. The first-order valence-corrected chi connectivity index (χ1v) is 8.70. The normalized spacial score (nSPS) is 12.1. The third kappa shape index (κ3) is 3.13. The molecule has 28 heavy (non-hydrogen) atoms. The molecule has 8 heteroatoms. The number of imidazole rings is 1. The first kappa shape index (κ1) is 17.8. The van der Waals surface area contributed by atoms with E-state index in [1.165, 1.54) is 14.2 Å². The Balaban J connectivity index is 1.54. The number of nitrogens with zero attached hydrogens (tertiary/aromatic N) is 2. The van der Waals surface area contributed by atoms with Gasteiger partial charge in [0.15, 0.2) is 23.0 Å². The number of hydrogen-bond donors (Lipinski definition) is 2. The smallest absolute Gasteiger partial charge is 0.231 e. The maximum absolute atomic E-state index is 10.0. The minimum Gasteiger partial charge on any atom is -0.502 e. The number of fused-ring (bicyclic) bond motifs is 1. The molecule has 0 saturated heterocycles. The Hall–Kier alpha value is -3.55. The monoisotopic (exact) mass is 383 g/mol. The van der Waals surface area contributed by atoms with Crippen molar-refractivity contribution < 1.29 is 24.1 Å². The predicted octanol–water partition coefficient (Wildman–Crippen LogP) is 3.15. The maximum atomic E-state index is 10.0. The lowest BCUT2D eigenvalue weighted by Gasteiger charge is -2.12. The molecule has 0 atom stereocenters. The van der Waals surface area contributed by atoms with Crippen LogP contribution < -0.4 is 24.3 Å². The highest BCUT2D eigenvalue weighted by Crippen LogP contribution is 2.38. The second-order valence-corrected chi connectivity index (χ2v) is 6.30. The van der Waals surface area contributed by atoms with Crippen molar-refractivity contribution in [2.75, 3.05) is 26.3 Å². The number of anilines is 1. The van der Waals surface area contributed by atoms with Gasteiger partial charge >= 0.3 is 0 Å². The quantitative estimate of drug-likeness (QED) is 0.676. The molecule has 2 aromatic carbocycles. The summed E-state index contributed by atoms with van der Waals surface area (Å²) in [5.41, 5.74) is 2.82. The molecule has 2 N–H and O–H groups in total. The standard InChI is InChI=1S/C20H21N3O5/c1-23-14(13-4-5-15-16(8-13)28-11-27-15)10-22-20(23)21-9-12-6-17(25-2)19(24)18(7-12)26-3/h4-8,10,24H,9,11H2,1-3H3,(H,21,22). The van der Waals surface area contributed by atoms with Crippen molar-refractivity contribution >= 4 is 5.95 Å². The fourth-order valence-corrected chi connectivity index (χ4v) is 3.13. The van der Waals surface area contributed by atoms with Gasteiger partial charge in [0.05, 0.1) is 26.1 Å². The average molecular weight is 383 g/mol. The van der Waals surface area contributed by atoms with Crippen LogP contribution in [-0.4, -0.2) is 35.7 Å². The van der Waals surface area contributed by atoms with Gasteiger partial charge in [0.25, 0.3) is 0 Å². The Morgan fingerprint density at radius 1 is 1.11 bits per heavy atom. The van der Waals surface area contributed by atoms with Crippen molar-refractivity contribution in [2.24, 2.45) is 7.05 Å². The van der Waals surface area contributed by atoms with Gasteiger partial charge in [0, 0.05) is 19.2 Å². The van der Waals surface area contributed by atoms with Crippen molar-refractivity contribution in [3.8, 4) is 40.0 Å². The predicted molar refractivity (Wildman–Crippen MR) is 103 cm³/mol. The number of aromatic nitrogens is 2. The van der Waals surface area contributed by atoms with E-state index in [4.69, 9.17) is 18.9 Å². The molecular formula is C20H21N3O5. The van der Waals surface area contributed by atoms with E-state index in [0.717, 1.165) is 28.3 Å². The van der Waals surface area contributed by atoms with Crippen LogP contribution in [0.5, 0.6) is 28.7 Å². The van der Waals surface area contributed by atoms with Gasteiger partial charge in [0.2, 0.25) is 18.5 Å². The van der Waals surface area contributed by atoms with Gasteiger partial charge in [-0.25, -0.2) is 4.98 Å². The van der Waals surface area contributed by atoms with Crippen LogP contribution in [0.3, 0.4) is 0 Å². The van der Waals surface area contributed by atoms with Crippen LogP contribution in [0, 0.1) is 0 Å². The molecule has 0 spiro atoms. The molecule has 0 amide bonds. The van der Waals surface area contributed by atoms with Crippen LogP contribution in [0.15, 0.2) is 36.5 Å². The van der Waals surface area contributed by atoms with Gasteiger partial charge in [-0.1, -0.05) is 0 Å². The van der Waals surface area contributed by atoms with E-state index in [9.17, 15) is 5.11 Å². The Bertz CT molecular complexity index is 990. The molecule has 1 aliphatic rings. The number of methoxy groups -OCH3 is 2. The Kier molecular flexibility index (Phi) is 4.60. The Morgan fingerprint density at radius 3 is 2.54 bits per heavy atom. The molecule has 0 bridgehead atoms. The SMILES string of the molecule is COc1cc(CNc2ncc(-c3ccc4c(c3)OCO4)n2C)cc(OC)c1O. The second kappa shape index (κ2) is 7.22. The molecule has 1 aromatic heterocycles. The van der Waals surface area contributed by atoms with Crippen LogP contribution in [0.2, 0.25) is 0 Å². The van der Waals surface area contributed by atoms with Crippen LogP contribution in [0.25, 0.3) is 11.3 Å². The van der Waals surface area contributed by atoms with Crippen molar-refractivity contribution in [1.82, 2.24) is 9.55 Å². The zero-order valence-corrected chi connectivity index (χ0v) is 15.9. The Labute approximate surface area is 162 Å². The highest BCUT2D eigenvalue weighted by Gasteiger charge is 2.16. The van der Waals surface area contributed by atoms with Gasteiger partial charge in [-0.3, -0.25) is 0 Å². The number of phenols is 1. The van der Waals surface area contributed by atoms with E-state index in [0.29, 0.717) is 24.0 Å². The third-order valence-corrected chi connectivity index (χ3v) is 4.65. The van der Waals surface area contributed by atoms with Gasteiger partial charge in [-0.15, -0.1) is 0 Å². The second-order valence-electron chi connectivity index (χ2n) is 6.30. The highest BCUT2D eigenvalue weighted by atomic mass is 16.7. The summed E-state index contributed by atoms with van der Waals surface area (Å²) in [6.07, 6.45) is 1.80. The first-order valence-electron chi connectivity index (χ1n) is 8.70. The fourth-order valence-electron chi connectivity index (χ4n) is 3.13. The summed E-state index contributed by atoms with van der Waals surface area (Å²) in [5.74, 6) is 2.89. The Morgan fingerprint density at radius 2 is 1.82 bits per heavy atom. The summed E-state index contributed by atoms with van der Waals surface area (Å²) in [5, 5.41) is 13.3. The lowest BCUT2D eigenvalue weighted by molar-refractivity contribution is 0.174.